The van der Waals surface area contributed by atoms with Gasteiger partial charge in [0, 0.05) is 0 Å². The zero-order valence-electron chi connectivity index (χ0n) is 10.8. The number of likely N-dealkylation sites (N-methyl/N-ethyl adjacent to an activating group) is 1. The lowest BCUT2D eigenvalue weighted by molar-refractivity contribution is -0.145. The average molecular weight is 235 g/mol. The van der Waals surface area contributed by atoms with E-state index >= 15 is 0 Å². The van der Waals surface area contributed by atoms with E-state index in [2.05, 4.69) is 24.3 Å². The molecule has 1 unspecified atom stereocenters. The zero-order chi connectivity index (χ0) is 12.7. The van der Waals surface area contributed by atoms with Crippen LogP contribution in [0, 0.1) is 0 Å². The van der Waals surface area contributed by atoms with Crippen LogP contribution in [0.25, 0.3) is 0 Å². The summed E-state index contributed by atoms with van der Waals surface area (Å²) in [5.74, 6) is -0.174. The summed E-state index contributed by atoms with van der Waals surface area (Å²) in [5, 5.41) is 0. The molecule has 0 heterocycles. The van der Waals surface area contributed by atoms with Crippen LogP contribution in [-0.4, -0.2) is 37.6 Å². The molecule has 0 saturated carbocycles. The second-order valence-corrected chi connectivity index (χ2v) is 4.27. The van der Waals surface area contributed by atoms with Crippen molar-refractivity contribution in [2.24, 2.45) is 0 Å². The fourth-order valence-corrected chi connectivity index (χ4v) is 1.72. The molecular formula is C14H21NO2. The smallest absolute Gasteiger partial charge is 0.322 e. The molecule has 1 atom stereocenters. The molecule has 17 heavy (non-hydrogen) atoms. The Morgan fingerprint density at radius 3 is 2.59 bits per heavy atom. The predicted molar refractivity (Wildman–Crippen MR) is 68.9 cm³/mol. The molecule has 0 aliphatic carbocycles. The Labute approximate surface area is 103 Å². The highest BCUT2D eigenvalue weighted by Gasteiger charge is 2.17. The highest BCUT2D eigenvalue weighted by atomic mass is 16.5. The van der Waals surface area contributed by atoms with Crippen molar-refractivity contribution in [2.75, 3.05) is 20.7 Å². The molecule has 0 aliphatic rings. The Hall–Kier alpha value is -1.35. The molecule has 1 rings (SSSR count). The number of aryl methyl sites for hydroxylation is 1. The molecule has 0 radical (unpaired) electrons. The Bertz CT molecular complexity index is 337. The number of hydrogen-bond acceptors (Lipinski definition) is 3. The number of ether oxygens (including phenoxy) is 1. The molecule has 0 N–H and O–H groups in total. The van der Waals surface area contributed by atoms with Gasteiger partial charge in [0.1, 0.15) is 6.04 Å². The van der Waals surface area contributed by atoms with Crippen molar-refractivity contribution in [1.82, 2.24) is 4.90 Å². The van der Waals surface area contributed by atoms with Gasteiger partial charge in [0.15, 0.2) is 0 Å². The Kier molecular flexibility index (Phi) is 5.70. The SMILES string of the molecule is COC(=O)C(C)N(C)CCCc1ccccc1. The summed E-state index contributed by atoms with van der Waals surface area (Å²) in [6.45, 7) is 2.76. The van der Waals surface area contributed by atoms with Crippen molar-refractivity contribution in [2.45, 2.75) is 25.8 Å². The number of carbonyl (C=O) groups is 1. The van der Waals surface area contributed by atoms with Gasteiger partial charge in [-0.1, -0.05) is 30.3 Å². The van der Waals surface area contributed by atoms with Gasteiger partial charge in [-0.25, -0.2) is 0 Å². The van der Waals surface area contributed by atoms with Crippen LogP contribution < -0.4 is 0 Å². The first-order valence-corrected chi connectivity index (χ1v) is 5.97. The van der Waals surface area contributed by atoms with Crippen LogP contribution in [0.2, 0.25) is 0 Å². The predicted octanol–water partition coefficient (Wildman–Crippen LogP) is 2.11. The quantitative estimate of drug-likeness (QED) is 0.707. The van der Waals surface area contributed by atoms with Gasteiger partial charge in [0.25, 0.3) is 0 Å². The van der Waals surface area contributed by atoms with Gasteiger partial charge >= 0.3 is 5.97 Å². The Balaban J connectivity index is 2.29. The molecule has 1 aromatic carbocycles. The summed E-state index contributed by atoms with van der Waals surface area (Å²) in [7, 11) is 3.38. The molecule has 0 bridgehead atoms. The summed E-state index contributed by atoms with van der Waals surface area (Å²) in [6, 6.07) is 10.2. The van der Waals surface area contributed by atoms with Crippen LogP contribution in [0.15, 0.2) is 30.3 Å². The van der Waals surface area contributed by atoms with E-state index in [4.69, 9.17) is 4.74 Å². The topological polar surface area (TPSA) is 29.5 Å². The summed E-state index contributed by atoms with van der Waals surface area (Å²) in [6.07, 6.45) is 2.08. The molecule has 0 aromatic heterocycles. The molecule has 0 spiro atoms. The van der Waals surface area contributed by atoms with E-state index in [1.54, 1.807) is 0 Å². The van der Waals surface area contributed by atoms with E-state index in [0.29, 0.717) is 0 Å². The fraction of sp³-hybridized carbons (Fsp3) is 0.500. The van der Waals surface area contributed by atoms with Crippen LogP contribution in [0.4, 0.5) is 0 Å². The number of benzene rings is 1. The normalized spacial score (nSPS) is 12.5. The van der Waals surface area contributed by atoms with Gasteiger partial charge in [-0.15, -0.1) is 0 Å². The maximum absolute atomic E-state index is 11.3. The standard InChI is InChI=1S/C14H21NO2/c1-12(14(16)17-3)15(2)11-7-10-13-8-5-4-6-9-13/h4-6,8-9,12H,7,10-11H2,1-3H3. The summed E-state index contributed by atoms with van der Waals surface area (Å²) >= 11 is 0. The van der Waals surface area contributed by atoms with Gasteiger partial charge in [0.2, 0.25) is 0 Å². The maximum Gasteiger partial charge on any atom is 0.322 e. The van der Waals surface area contributed by atoms with Crippen molar-refractivity contribution in [3.8, 4) is 0 Å². The third-order valence-electron chi connectivity index (χ3n) is 3.02. The van der Waals surface area contributed by atoms with Crippen molar-refractivity contribution >= 4 is 5.97 Å². The molecule has 0 saturated heterocycles. The number of methoxy groups -OCH3 is 1. The van der Waals surface area contributed by atoms with Crippen molar-refractivity contribution in [1.29, 1.82) is 0 Å². The first-order chi connectivity index (χ1) is 8.15. The number of rotatable bonds is 6. The summed E-state index contributed by atoms with van der Waals surface area (Å²) < 4.78 is 4.72. The third kappa shape index (κ3) is 4.57. The molecule has 94 valence electrons. The highest BCUT2D eigenvalue weighted by molar-refractivity contribution is 5.75. The molecule has 0 fully saturated rings. The van der Waals surface area contributed by atoms with Gasteiger partial charge in [0.05, 0.1) is 7.11 Å². The van der Waals surface area contributed by atoms with E-state index in [9.17, 15) is 4.79 Å². The lowest BCUT2D eigenvalue weighted by Gasteiger charge is -2.22. The number of esters is 1. The van der Waals surface area contributed by atoms with Crippen LogP contribution in [-0.2, 0) is 16.0 Å². The van der Waals surface area contributed by atoms with Gasteiger partial charge < -0.3 is 4.74 Å². The van der Waals surface area contributed by atoms with Crippen LogP contribution in [0.1, 0.15) is 18.9 Å². The van der Waals surface area contributed by atoms with Crippen molar-refractivity contribution in [3.05, 3.63) is 35.9 Å². The first kappa shape index (κ1) is 13.7. The zero-order valence-corrected chi connectivity index (χ0v) is 10.8. The minimum absolute atomic E-state index is 0.171. The van der Waals surface area contributed by atoms with Gasteiger partial charge in [-0.2, -0.15) is 0 Å². The Morgan fingerprint density at radius 2 is 2.00 bits per heavy atom. The van der Waals surface area contributed by atoms with Crippen LogP contribution in [0.5, 0.6) is 0 Å². The third-order valence-corrected chi connectivity index (χ3v) is 3.02. The van der Waals surface area contributed by atoms with Crippen molar-refractivity contribution < 1.29 is 9.53 Å². The molecule has 0 amide bonds. The second-order valence-electron chi connectivity index (χ2n) is 4.27. The van der Waals surface area contributed by atoms with E-state index in [0.717, 1.165) is 19.4 Å². The largest absolute Gasteiger partial charge is 0.468 e. The van der Waals surface area contributed by atoms with Gasteiger partial charge in [-0.05, 0) is 38.9 Å². The molecule has 1 aromatic rings. The fourth-order valence-electron chi connectivity index (χ4n) is 1.72. The summed E-state index contributed by atoms with van der Waals surface area (Å²) in [5.41, 5.74) is 1.34. The molecule has 0 aliphatic heterocycles. The summed E-state index contributed by atoms with van der Waals surface area (Å²) in [4.78, 5) is 13.3. The first-order valence-electron chi connectivity index (χ1n) is 5.97. The van der Waals surface area contributed by atoms with Crippen molar-refractivity contribution in [3.63, 3.8) is 0 Å². The average Bonchev–Trinajstić information content (AvgIpc) is 2.38. The minimum Gasteiger partial charge on any atom is -0.468 e. The monoisotopic (exact) mass is 235 g/mol. The van der Waals surface area contributed by atoms with E-state index in [1.807, 2.05) is 24.9 Å². The van der Waals surface area contributed by atoms with E-state index in [1.165, 1.54) is 12.7 Å². The molecular weight excluding hydrogens is 214 g/mol. The second kappa shape index (κ2) is 7.07. The number of hydrogen-bond donors (Lipinski definition) is 0. The molecule has 3 heteroatoms. The molecule has 3 nitrogen and oxygen atoms in total. The van der Waals surface area contributed by atoms with E-state index in [-0.39, 0.29) is 12.0 Å². The number of nitrogens with zero attached hydrogens (tertiary/aromatic N) is 1. The van der Waals surface area contributed by atoms with E-state index < -0.39 is 0 Å². The van der Waals surface area contributed by atoms with Gasteiger partial charge in [-0.3, -0.25) is 9.69 Å². The maximum atomic E-state index is 11.3. The minimum atomic E-state index is -0.174. The Morgan fingerprint density at radius 1 is 1.35 bits per heavy atom. The lowest BCUT2D eigenvalue weighted by atomic mass is 10.1. The number of carbonyl (C=O) groups excluding carboxylic acids is 1. The van der Waals surface area contributed by atoms with Crippen LogP contribution in [0.3, 0.4) is 0 Å². The van der Waals surface area contributed by atoms with Crippen LogP contribution >= 0.6 is 0 Å². The highest BCUT2D eigenvalue weighted by Crippen LogP contribution is 2.05. The lowest BCUT2D eigenvalue weighted by Crippen LogP contribution is -2.37.